The largest absolute Gasteiger partial charge is 0.367 e. The highest BCUT2D eigenvalue weighted by molar-refractivity contribution is 5.26. The Balaban J connectivity index is 2.76. The highest BCUT2D eigenvalue weighted by atomic mass is 14.6. The van der Waals surface area contributed by atoms with Crippen molar-refractivity contribution in [1.82, 2.24) is 4.98 Å². The summed E-state index contributed by atoms with van der Waals surface area (Å²) in [6.07, 6.45) is 7.98. The maximum Gasteiger partial charge on any atom is 0.00429 e. The first-order chi connectivity index (χ1) is 5.79. The van der Waals surface area contributed by atoms with E-state index in [1.165, 1.54) is 30.4 Å². The van der Waals surface area contributed by atoms with E-state index in [0.717, 1.165) is 0 Å². The molecule has 0 aromatic carbocycles. The van der Waals surface area contributed by atoms with E-state index in [1.54, 1.807) is 0 Å². The highest BCUT2D eigenvalue weighted by Crippen LogP contribution is 2.23. The molecule has 0 bridgehead atoms. The van der Waals surface area contributed by atoms with Crippen LogP contribution in [0.1, 0.15) is 50.7 Å². The van der Waals surface area contributed by atoms with Crippen molar-refractivity contribution in [2.24, 2.45) is 0 Å². The number of aromatic amines is 1. The lowest BCUT2D eigenvalue weighted by Gasteiger charge is -2.08. The van der Waals surface area contributed by atoms with Crippen molar-refractivity contribution in [3.63, 3.8) is 0 Å². The molecule has 1 nitrogen and oxygen atoms in total. The SMILES string of the molecule is CCCc1c[nH]cc1C(C)CC. The predicted molar refractivity (Wildman–Crippen MR) is 53.5 cm³/mol. The normalized spacial score (nSPS) is 13.2. The summed E-state index contributed by atoms with van der Waals surface area (Å²) >= 11 is 0. The number of hydrogen-bond donors (Lipinski definition) is 1. The Morgan fingerprint density at radius 2 is 2.08 bits per heavy atom. The van der Waals surface area contributed by atoms with Crippen LogP contribution in [0.2, 0.25) is 0 Å². The second kappa shape index (κ2) is 4.34. The van der Waals surface area contributed by atoms with E-state index < -0.39 is 0 Å². The second-order valence-electron chi connectivity index (χ2n) is 3.50. The summed E-state index contributed by atoms with van der Waals surface area (Å²) < 4.78 is 0. The second-order valence-corrected chi connectivity index (χ2v) is 3.50. The van der Waals surface area contributed by atoms with Gasteiger partial charge in [0, 0.05) is 12.4 Å². The molecule has 1 atom stereocenters. The minimum absolute atomic E-state index is 0.706. The van der Waals surface area contributed by atoms with Gasteiger partial charge in [-0.2, -0.15) is 0 Å². The minimum Gasteiger partial charge on any atom is -0.367 e. The van der Waals surface area contributed by atoms with Crippen LogP contribution in [0.4, 0.5) is 0 Å². The van der Waals surface area contributed by atoms with Gasteiger partial charge >= 0.3 is 0 Å². The summed E-state index contributed by atoms with van der Waals surface area (Å²) in [6, 6.07) is 0. The predicted octanol–water partition coefficient (Wildman–Crippen LogP) is 3.48. The quantitative estimate of drug-likeness (QED) is 0.703. The van der Waals surface area contributed by atoms with Gasteiger partial charge in [-0.15, -0.1) is 0 Å². The van der Waals surface area contributed by atoms with Gasteiger partial charge < -0.3 is 4.98 Å². The van der Waals surface area contributed by atoms with Gasteiger partial charge in [0.1, 0.15) is 0 Å². The first-order valence-electron chi connectivity index (χ1n) is 4.95. The zero-order valence-electron chi connectivity index (χ0n) is 8.35. The lowest BCUT2D eigenvalue weighted by Crippen LogP contribution is -1.93. The molecule has 0 amide bonds. The van der Waals surface area contributed by atoms with E-state index in [-0.39, 0.29) is 0 Å². The zero-order valence-corrected chi connectivity index (χ0v) is 8.35. The Morgan fingerprint density at radius 1 is 1.33 bits per heavy atom. The van der Waals surface area contributed by atoms with Crippen molar-refractivity contribution in [3.8, 4) is 0 Å². The number of aromatic nitrogens is 1. The molecular weight excluding hydrogens is 146 g/mol. The Morgan fingerprint density at radius 3 is 2.67 bits per heavy atom. The standard InChI is InChI=1S/C11H19N/c1-4-6-10-7-12-8-11(10)9(3)5-2/h7-9,12H,4-6H2,1-3H3. The van der Waals surface area contributed by atoms with Crippen LogP contribution in [-0.4, -0.2) is 4.98 Å². The lowest BCUT2D eigenvalue weighted by atomic mass is 9.96. The maximum atomic E-state index is 3.20. The van der Waals surface area contributed by atoms with Gasteiger partial charge in [-0.1, -0.05) is 27.2 Å². The molecule has 0 saturated heterocycles. The summed E-state index contributed by atoms with van der Waals surface area (Å²) in [4.78, 5) is 3.20. The van der Waals surface area contributed by atoms with Crippen LogP contribution in [0.3, 0.4) is 0 Å². The third-order valence-electron chi connectivity index (χ3n) is 2.53. The third-order valence-corrected chi connectivity index (χ3v) is 2.53. The summed E-state index contributed by atoms with van der Waals surface area (Å²) in [6.45, 7) is 6.77. The van der Waals surface area contributed by atoms with Gasteiger partial charge in [0.25, 0.3) is 0 Å². The van der Waals surface area contributed by atoms with Crippen molar-refractivity contribution in [3.05, 3.63) is 23.5 Å². The van der Waals surface area contributed by atoms with Crippen LogP contribution in [0.25, 0.3) is 0 Å². The number of nitrogens with one attached hydrogen (secondary N) is 1. The fourth-order valence-electron chi connectivity index (χ4n) is 1.57. The van der Waals surface area contributed by atoms with E-state index in [0.29, 0.717) is 5.92 Å². The van der Waals surface area contributed by atoms with Gasteiger partial charge in [-0.25, -0.2) is 0 Å². The summed E-state index contributed by atoms with van der Waals surface area (Å²) in [7, 11) is 0. The molecule has 1 aromatic rings. The minimum atomic E-state index is 0.706. The fourth-order valence-corrected chi connectivity index (χ4v) is 1.57. The molecule has 1 rings (SSSR count). The molecule has 1 aromatic heterocycles. The van der Waals surface area contributed by atoms with Crippen molar-refractivity contribution in [1.29, 1.82) is 0 Å². The first kappa shape index (κ1) is 9.37. The Bertz CT molecular complexity index is 225. The molecule has 1 N–H and O–H groups in total. The molecule has 0 spiro atoms. The van der Waals surface area contributed by atoms with Crippen molar-refractivity contribution in [2.75, 3.05) is 0 Å². The Labute approximate surface area is 75.2 Å². The summed E-state index contributed by atoms with van der Waals surface area (Å²) in [5, 5.41) is 0. The Kier molecular flexibility index (Phi) is 3.39. The zero-order chi connectivity index (χ0) is 8.97. The molecule has 68 valence electrons. The van der Waals surface area contributed by atoms with E-state index >= 15 is 0 Å². The molecule has 1 unspecified atom stereocenters. The molecule has 0 aliphatic heterocycles. The van der Waals surface area contributed by atoms with Crippen LogP contribution < -0.4 is 0 Å². The van der Waals surface area contributed by atoms with Gasteiger partial charge in [-0.05, 0) is 29.9 Å². The topological polar surface area (TPSA) is 15.8 Å². The van der Waals surface area contributed by atoms with Crippen molar-refractivity contribution >= 4 is 0 Å². The Hall–Kier alpha value is -0.720. The monoisotopic (exact) mass is 165 g/mol. The molecule has 0 radical (unpaired) electrons. The highest BCUT2D eigenvalue weighted by Gasteiger charge is 2.08. The number of hydrogen-bond acceptors (Lipinski definition) is 0. The van der Waals surface area contributed by atoms with E-state index in [4.69, 9.17) is 0 Å². The molecule has 1 heteroatoms. The summed E-state index contributed by atoms with van der Waals surface area (Å²) in [5.41, 5.74) is 3.02. The molecule has 0 aliphatic rings. The third kappa shape index (κ3) is 1.90. The van der Waals surface area contributed by atoms with Crippen LogP contribution in [-0.2, 0) is 6.42 Å². The van der Waals surface area contributed by atoms with Crippen molar-refractivity contribution < 1.29 is 0 Å². The van der Waals surface area contributed by atoms with Crippen LogP contribution >= 0.6 is 0 Å². The smallest absolute Gasteiger partial charge is 0.00429 e. The first-order valence-corrected chi connectivity index (χ1v) is 4.95. The number of aryl methyl sites for hydroxylation is 1. The molecular formula is C11H19N. The number of rotatable bonds is 4. The average molecular weight is 165 g/mol. The van der Waals surface area contributed by atoms with Gasteiger partial charge in [0.15, 0.2) is 0 Å². The molecule has 0 saturated carbocycles. The van der Waals surface area contributed by atoms with Gasteiger partial charge in [-0.3, -0.25) is 0 Å². The van der Waals surface area contributed by atoms with Crippen LogP contribution in [0, 0.1) is 0 Å². The van der Waals surface area contributed by atoms with E-state index in [9.17, 15) is 0 Å². The summed E-state index contributed by atoms with van der Waals surface area (Å²) in [5.74, 6) is 0.706. The maximum absolute atomic E-state index is 3.20. The lowest BCUT2D eigenvalue weighted by molar-refractivity contribution is 0.721. The molecule has 0 fully saturated rings. The van der Waals surface area contributed by atoms with Gasteiger partial charge in [0.05, 0.1) is 0 Å². The van der Waals surface area contributed by atoms with Crippen LogP contribution in [0.15, 0.2) is 12.4 Å². The molecule has 1 heterocycles. The average Bonchev–Trinajstić information content (AvgIpc) is 2.52. The molecule has 12 heavy (non-hydrogen) atoms. The van der Waals surface area contributed by atoms with Crippen LogP contribution in [0.5, 0.6) is 0 Å². The van der Waals surface area contributed by atoms with E-state index in [1.807, 2.05) is 0 Å². The van der Waals surface area contributed by atoms with Gasteiger partial charge in [0.2, 0.25) is 0 Å². The number of H-pyrrole nitrogens is 1. The fraction of sp³-hybridized carbons (Fsp3) is 0.636. The van der Waals surface area contributed by atoms with E-state index in [2.05, 4.69) is 38.1 Å². The molecule has 0 aliphatic carbocycles. The van der Waals surface area contributed by atoms with Crippen molar-refractivity contribution in [2.45, 2.75) is 46.0 Å².